The minimum atomic E-state index is -0.430. The summed E-state index contributed by atoms with van der Waals surface area (Å²) in [6, 6.07) is 7.91. The van der Waals surface area contributed by atoms with Gasteiger partial charge in [-0.05, 0) is 24.1 Å². The Kier molecular flexibility index (Phi) is 4.08. The van der Waals surface area contributed by atoms with Gasteiger partial charge in [0, 0.05) is 16.4 Å². The number of nitrogens with two attached hydrogens (primary N) is 1. The lowest BCUT2D eigenvalue weighted by atomic mass is 9.85. The van der Waals surface area contributed by atoms with Gasteiger partial charge in [0.2, 0.25) is 0 Å². The average Bonchev–Trinajstić information content (AvgIpc) is 2.18. The number of hydrogen-bond acceptors (Lipinski definition) is 1. The average molecular weight is 260 g/mol. The monoisotopic (exact) mass is 259 g/mol. The topological polar surface area (TPSA) is 26.0 Å². The molecule has 2 N–H and O–H groups in total. The minimum absolute atomic E-state index is 0.371. The van der Waals surface area contributed by atoms with Crippen LogP contribution in [0.4, 0.5) is 4.39 Å². The molecule has 0 heterocycles. The first kappa shape index (κ1) is 11.7. The smallest absolute Gasteiger partial charge is 0.0963 e. The summed E-state index contributed by atoms with van der Waals surface area (Å²) in [7, 11) is 0. The normalized spacial score (nSPS) is 15.1. The Morgan fingerprint density at radius 3 is 2.71 bits per heavy atom. The zero-order chi connectivity index (χ0) is 10.6. The number of alkyl halides is 1. The summed E-state index contributed by atoms with van der Waals surface area (Å²) in [5.74, 6) is 0. The Bertz CT molecular complexity index is 297. The van der Waals surface area contributed by atoms with Crippen LogP contribution in [0.25, 0.3) is 0 Å². The lowest BCUT2D eigenvalue weighted by Crippen LogP contribution is -2.31. The minimum Gasteiger partial charge on any atom is -0.330 e. The second kappa shape index (κ2) is 4.89. The van der Waals surface area contributed by atoms with Gasteiger partial charge in [-0.3, -0.25) is 4.39 Å². The summed E-state index contributed by atoms with van der Waals surface area (Å²) in [5, 5.41) is 0. The summed E-state index contributed by atoms with van der Waals surface area (Å²) >= 11 is 3.39. The molecule has 0 aromatic heterocycles. The first-order chi connectivity index (χ1) is 6.59. The van der Waals surface area contributed by atoms with Crippen molar-refractivity contribution < 1.29 is 4.39 Å². The van der Waals surface area contributed by atoms with Crippen molar-refractivity contribution in [3.63, 3.8) is 0 Å². The van der Waals surface area contributed by atoms with Gasteiger partial charge in [-0.1, -0.05) is 35.0 Å². The van der Waals surface area contributed by atoms with E-state index in [1.807, 2.05) is 31.2 Å². The predicted molar refractivity (Wildman–Crippen MR) is 61.0 cm³/mol. The highest BCUT2D eigenvalue weighted by molar-refractivity contribution is 9.10. The summed E-state index contributed by atoms with van der Waals surface area (Å²) in [6.45, 7) is 1.86. The molecule has 0 radical (unpaired) electrons. The van der Waals surface area contributed by atoms with Crippen LogP contribution in [-0.2, 0) is 6.42 Å². The van der Waals surface area contributed by atoms with Crippen LogP contribution in [0.1, 0.15) is 12.5 Å². The molecule has 0 bridgehead atoms. The molecule has 1 aromatic rings. The molecule has 1 nitrogen and oxygen atoms in total. The fourth-order valence-electron chi connectivity index (χ4n) is 1.31. The quantitative estimate of drug-likeness (QED) is 0.885. The molecular weight excluding hydrogens is 245 g/mol. The van der Waals surface area contributed by atoms with Gasteiger partial charge in [0.15, 0.2) is 0 Å². The summed E-state index contributed by atoms with van der Waals surface area (Å²) in [6.07, 6.45) is 0.680. The molecule has 0 aliphatic carbocycles. The molecule has 0 saturated carbocycles. The van der Waals surface area contributed by atoms with E-state index < -0.39 is 5.41 Å². The molecular formula is C11H15BrFN. The van der Waals surface area contributed by atoms with Crippen molar-refractivity contribution >= 4 is 15.9 Å². The zero-order valence-electron chi connectivity index (χ0n) is 8.26. The fraction of sp³-hybridized carbons (Fsp3) is 0.455. The van der Waals surface area contributed by atoms with E-state index >= 15 is 0 Å². The maximum atomic E-state index is 12.7. The van der Waals surface area contributed by atoms with Gasteiger partial charge < -0.3 is 5.73 Å². The second-order valence-corrected chi connectivity index (χ2v) is 4.87. The Morgan fingerprint density at radius 1 is 1.50 bits per heavy atom. The van der Waals surface area contributed by atoms with E-state index in [-0.39, 0.29) is 6.67 Å². The third kappa shape index (κ3) is 3.07. The molecule has 1 unspecified atom stereocenters. The molecule has 14 heavy (non-hydrogen) atoms. The molecule has 1 aromatic carbocycles. The van der Waals surface area contributed by atoms with E-state index in [1.54, 1.807) is 0 Å². The van der Waals surface area contributed by atoms with E-state index in [9.17, 15) is 4.39 Å². The van der Waals surface area contributed by atoms with Gasteiger partial charge >= 0.3 is 0 Å². The van der Waals surface area contributed by atoms with Crippen LogP contribution in [0.15, 0.2) is 28.7 Å². The Balaban J connectivity index is 2.77. The number of halogens is 2. The lowest BCUT2D eigenvalue weighted by molar-refractivity contribution is 0.238. The summed E-state index contributed by atoms with van der Waals surface area (Å²) in [4.78, 5) is 0. The molecule has 0 aliphatic heterocycles. The van der Waals surface area contributed by atoms with Crippen LogP contribution in [-0.4, -0.2) is 13.2 Å². The third-order valence-electron chi connectivity index (χ3n) is 2.34. The highest BCUT2D eigenvalue weighted by atomic mass is 79.9. The summed E-state index contributed by atoms with van der Waals surface area (Å²) in [5.41, 5.74) is 6.24. The lowest BCUT2D eigenvalue weighted by Gasteiger charge is -2.24. The van der Waals surface area contributed by atoms with Crippen LogP contribution in [0, 0.1) is 5.41 Å². The second-order valence-electron chi connectivity index (χ2n) is 3.96. The van der Waals surface area contributed by atoms with Crippen molar-refractivity contribution in [1.29, 1.82) is 0 Å². The molecule has 0 saturated heterocycles. The standard InChI is InChI=1S/C11H15BrFN/c1-11(7-13,8-14)6-9-3-2-4-10(12)5-9/h2-5H,6-8,14H2,1H3. The van der Waals surface area contributed by atoms with Crippen LogP contribution < -0.4 is 5.73 Å². The number of benzene rings is 1. The summed E-state index contributed by atoms with van der Waals surface area (Å²) < 4.78 is 13.8. The highest BCUT2D eigenvalue weighted by Crippen LogP contribution is 2.23. The van der Waals surface area contributed by atoms with E-state index in [0.717, 1.165) is 10.0 Å². The van der Waals surface area contributed by atoms with E-state index in [4.69, 9.17) is 5.73 Å². The van der Waals surface area contributed by atoms with Crippen molar-refractivity contribution in [1.82, 2.24) is 0 Å². The first-order valence-corrected chi connectivity index (χ1v) is 5.39. The maximum absolute atomic E-state index is 12.7. The van der Waals surface area contributed by atoms with Gasteiger partial charge in [-0.15, -0.1) is 0 Å². The molecule has 0 amide bonds. The maximum Gasteiger partial charge on any atom is 0.0963 e. The zero-order valence-corrected chi connectivity index (χ0v) is 9.85. The largest absolute Gasteiger partial charge is 0.330 e. The Hall–Kier alpha value is -0.410. The molecule has 0 spiro atoms. The van der Waals surface area contributed by atoms with Gasteiger partial charge in [0.05, 0.1) is 6.67 Å². The highest BCUT2D eigenvalue weighted by Gasteiger charge is 2.22. The molecule has 0 fully saturated rings. The van der Waals surface area contributed by atoms with E-state index in [2.05, 4.69) is 15.9 Å². The first-order valence-electron chi connectivity index (χ1n) is 4.60. The van der Waals surface area contributed by atoms with Crippen molar-refractivity contribution in [2.75, 3.05) is 13.2 Å². The SMILES string of the molecule is CC(CN)(CF)Cc1cccc(Br)c1. The van der Waals surface area contributed by atoms with Crippen molar-refractivity contribution in [3.8, 4) is 0 Å². The van der Waals surface area contributed by atoms with Gasteiger partial charge in [-0.2, -0.15) is 0 Å². The molecule has 3 heteroatoms. The van der Waals surface area contributed by atoms with Crippen molar-refractivity contribution in [2.45, 2.75) is 13.3 Å². The molecule has 1 atom stereocenters. The van der Waals surface area contributed by atoms with E-state index in [0.29, 0.717) is 13.0 Å². The Labute approximate surface area is 92.6 Å². The van der Waals surface area contributed by atoms with Gasteiger partial charge in [0.1, 0.15) is 0 Å². The Morgan fingerprint density at radius 2 is 2.21 bits per heavy atom. The van der Waals surface area contributed by atoms with Gasteiger partial charge in [0.25, 0.3) is 0 Å². The van der Waals surface area contributed by atoms with Crippen LogP contribution in [0.5, 0.6) is 0 Å². The van der Waals surface area contributed by atoms with Crippen molar-refractivity contribution in [2.24, 2.45) is 11.1 Å². The van der Waals surface area contributed by atoms with Crippen molar-refractivity contribution in [3.05, 3.63) is 34.3 Å². The molecule has 78 valence electrons. The predicted octanol–water partition coefficient (Wildman–Crippen LogP) is 2.93. The van der Waals surface area contributed by atoms with E-state index in [1.165, 1.54) is 0 Å². The fourth-order valence-corrected chi connectivity index (χ4v) is 1.76. The molecule has 1 rings (SSSR count). The number of hydrogen-bond donors (Lipinski definition) is 1. The van der Waals surface area contributed by atoms with Gasteiger partial charge in [-0.25, -0.2) is 0 Å². The van der Waals surface area contributed by atoms with Crippen LogP contribution in [0.3, 0.4) is 0 Å². The number of rotatable bonds is 4. The van der Waals surface area contributed by atoms with Crippen LogP contribution >= 0.6 is 15.9 Å². The van der Waals surface area contributed by atoms with Crippen LogP contribution in [0.2, 0.25) is 0 Å². The molecule has 0 aliphatic rings. The third-order valence-corrected chi connectivity index (χ3v) is 2.83.